The van der Waals surface area contributed by atoms with Crippen LogP contribution in [0.2, 0.25) is 0 Å². The van der Waals surface area contributed by atoms with Gasteiger partial charge in [-0.1, -0.05) is 30.4 Å². The van der Waals surface area contributed by atoms with E-state index in [-0.39, 0.29) is 12.0 Å². The zero-order valence-electron chi connectivity index (χ0n) is 11.8. The zero-order chi connectivity index (χ0) is 15.1. The van der Waals surface area contributed by atoms with Crippen molar-refractivity contribution in [2.24, 2.45) is 0 Å². The van der Waals surface area contributed by atoms with E-state index >= 15 is 0 Å². The Morgan fingerprint density at radius 2 is 2.16 bits per heavy atom. The molecule has 6 heteroatoms. The summed E-state index contributed by atoms with van der Waals surface area (Å²) in [5, 5.41) is 7.94. The summed E-state index contributed by atoms with van der Waals surface area (Å²) in [4.78, 5) is 15.1. The highest BCUT2D eigenvalue weighted by atomic mass is 79.9. The number of thiazole rings is 1. The number of anilines is 1. The minimum Gasteiger partial charge on any atom is -0.483 e. The SMILES string of the molecule is C=C(CC)CN(c1ncc(Br)s1)C(C)(C)C.O=CO. The van der Waals surface area contributed by atoms with E-state index in [2.05, 4.69) is 60.1 Å². The number of rotatable bonds is 4. The first-order valence-electron chi connectivity index (χ1n) is 5.89. The molecule has 0 aromatic carbocycles. The highest BCUT2D eigenvalue weighted by molar-refractivity contribution is 9.11. The molecule has 1 rings (SSSR count). The lowest BCUT2D eigenvalue weighted by molar-refractivity contribution is -0.122. The highest BCUT2D eigenvalue weighted by Crippen LogP contribution is 2.31. The van der Waals surface area contributed by atoms with E-state index < -0.39 is 0 Å². The standard InChI is InChI=1S/C12H19BrN2S.CH2O2/c1-6-9(2)8-15(12(3,4)5)11-14-7-10(13)16-11;2-1-3/h7H,2,6,8H2,1,3-5H3;1H,(H,2,3). The van der Waals surface area contributed by atoms with Gasteiger partial charge in [-0.25, -0.2) is 4.98 Å². The van der Waals surface area contributed by atoms with Gasteiger partial charge in [0.05, 0.1) is 9.98 Å². The predicted molar refractivity (Wildman–Crippen MR) is 85.0 cm³/mol. The number of nitrogens with zero attached hydrogens (tertiary/aromatic N) is 2. The van der Waals surface area contributed by atoms with Crippen LogP contribution in [0.3, 0.4) is 0 Å². The van der Waals surface area contributed by atoms with Crippen LogP contribution in [0.4, 0.5) is 5.13 Å². The molecule has 0 amide bonds. The van der Waals surface area contributed by atoms with Crippen molar-refractivity contribution in [2.75, 3.05) is 11.4 Å². The molecule has 0 aliphatic heterocycles. The Balaban J connectivity index is 0.000000982. The molecule has 0 saturated heterocycles. The maximum atomic E-state index is 8.36. The normalized spacial score (nSPS) is 10.4. The molecule has 0 unspecified atom stereocenters. The summed E-state index contributed by atoms with van der Waals surface area (Å²) in [5.74, 6) is 0. The van der Waals surface area contributed by atoms with E-state index in [9.17, 15) is 0 Å². The Bertz CT molecular complexity index is 413. The molecule has 0 atom stereocenters. The minimum absolute atomic E-state index is 0.0649. The van der Waals surface area contributed by atoms with E-state index in [0.717, 1.165) is 21.9 Å². The molecular formula is C13H21BrN2O2S. The molecule has 0 bridgehead atoms. The average molecular weight is 349 g/mol. The maximum absolute atomic E-state index is 8.36. The second-order valence-electron chi connectivity index (χ2n) is 4.91. The van der Waals surface area contributed by atoms with E-state index in [1.165, 1.54) is 5.57 Å². The van der Waals surface area contributed by atoms with Gasteiger partial charge in [0.1, 0.15) is 0 Å². The second-order valence-corrected chi connectivity index (χ2v) is 7.30. The summed E-state index contributed by atoms with van der Waals surface area (Å²) in [6.45, 7) is 13.4. The molecule has 0 aliphatic carbocycles. The Kier molecular flexibility index (Phi) is 7.94. The average Bonchev–Trinajstić information content (AvgIpc) is 2.71. The molecule has 0 spiro atoms. The summed E-state index contributed by atoms with van der Waals surface area (Å²) >= 11 is 5.12. The van der Waals surface area contributed by atoms with E-state index in [1.54, 1.807) is 11.3 Å². The van der Waals surface area contributed by atoms with Crippen molar-refractivity contribution in [3.63, 3.8) is 0 Å². The van der Waals surface area contributed by atoms with Crippen LogP contribution in [0.1, 0.15) is 34.1 Å². The molecule has 0 aliphatic rings. The number of hydrogen-bond acceptors (Lipinski definition) is 4. The van der Waals surface area contributed by atoms with Crippen LogP contribution in [-0.2, 0) is 4.79 Å². The van der Waals surface area contributed by atoms with Crippen molar-refractivity contribution in [3.05, 3.63) is 22.1 Å². The number of carboxylic acid groups (broad SMARTS) is 1. The van der Waals surface area contributed by atoms with Gasteiger partial charge < -0.3 is 10.0 Å². The zero-order valence-corrected chi connectivity index (χ0v) is 14.2. The molecule has 0 fully saturated rings. The number of aromatic nitrogens is 1. The van der Waals surface area contributed by atoms with Gasteiger partial charge in [-0.05, 0) is 43.1 Å². The molecule has 1 heterocycles. The molecule has 19 heavy (non-hydrogen) atoms. The fourth-order valence-electron chi connectivity index (χ4n) is 1.30. The maximum Gasteiger partial charge on any atom is 0.290 e. The van der Waals surface area contributed by atoms with Crippen LogP contribution in [0.25, 0.3) is 0 Å². The van der Waals surface area contributed by atoms with Gasteiger partial charge in [-0.2, -0.15) is 0 Å². The van der Waals surface area contributed by atoms with Crippen LogP contribution in [0.15, 0.2) is 22.1 Å². The molecule has 0 saturated carbocycles. The summed E-state index contributed by atoms with van der Waals surface area (Å²) in [5.41, 5.74) is 1.30. The third kappa shape index (κ3) is 6.73. The van der Waals surface area contributed by atoms with Gasteiger partial charge in [-0.3, -0.25) is 4.79 Å². The Labute approximate surface area is 127 Å². The summed E-state index contributed by atoms with van der Waals surface area (Å²) < 4.78 is 1.07. The van der Waals surface area contributed by atoms with Crippen LogP contribution in [0.5, 0.6) is 0 Å². The summed E-state index contributed by atoms with van der Waals surface area (Å²) in [7, 11) is 0. The quantitative estimate of drug-likeness (QED) is 0.655. The van der Waals surface area contributed by atoms with E-state index in [0.29, 0.717) is 0 Å². The molecule has 0 radical (unpaired) electrons. The molecular weight excluding hydrogens is 328 g/mol. The van der Waals surface area contributed by atoms with E-state index in [1.807, 2.05) is 6.20 Å². The van der Waals surface area contributed by atoms with Crippen molar-refractivity contribution < 1.29 is 9.90 Å². The first-order valence-corrected chi connectivity index (χ1v) is 7.50. The van der Waals surface area contributed by atoms with Crippen molar-refractivity contribution in [3.8, 4) is 0 Å². The summed E-state index contributed by atoms with van der Waals surface area (Å²) in [6, 6.07) is 0. The lowest BCUT2D eigenvalue weighted by Gasteiger charge is -2.36. The fourth-order valence-corrected chi connectivity index (χ4v) is 2.67. The Morgan fingerprint density at radius 3 is 2.47 bits per heavy atom. The largest absolute Gasteiger partial charge is 0.483 e. The predicted octanol–water partition coefficient (Wildman–Crippen LogP) is 4.18. The van der Waals surface area contributed by atoms with Gasteiger partial charge >= 0.3 is 0 Å². The van der Waals surface area contributed by atoms with Crippen LogP contribution in [-0.4, -0.2) is 28.6 Å². The van der Waals surface area contributed by atoms with Crippen molar-refractivity contribution >= 4 is 38.9 Å². The van der Waals surface area contributed by atoms with Crippen molar-refractivity contribution in [2.45, 2.75) is 39.7 Å². The van der Waals surface area contributed by atoms with E-state index in [4.69, 9.17) is 9.90 Å². The molecule has 1 N–H and O–H groups in total. The van der Waals surface area contributed by atoms with Crippen LogP contribution < -0.4 is 4.90 Å². The molecule has 108 valence electrons. The van der Waals surface area contributed by atoms with Crippen molar-refractivity contribution in [1.82, 2.24) is 4.98 Å². The van der Waals surface area contributed by atoms with Crippen LogP contribution in [0, 0.1) is 0 Å². The molecule has 1 aromatic heterocycles. The first-order chi connectivity index (χ1) is 8.76. The minimum atomic E-state index is -0.250. The van der Waals surface area contributed by atoms with Gasteiger partial charge in [0, 0.05) is 12.1 Å². The smallest absolute Gasteiger partial charge is 0.290 e. The number of hydrogen-bond donors (Lipinski definition) is 1. The third-order valence-corrected chi connectivity index (χ3v) is 3.89. The Morgan fingerprint density at radius 1 is 1.63 bits per heavy atom. The number of halogens is 1. The topological polar surface area (TPSA) is 53.4 Å². The molecule has 1 aromatic rings. The first kappa shape index (κ1) is 18.1. The third-order valence-electron chi connectivity index (χ3n) is 2.39. The lowest BCUT2D eigenvalue weighted by Crippen LogP contribution is -2.42. The van der Waals surface area contributed by atoms with Crippen molar-refractivity contribution in [1.29, 1.82) is 0 Å². The van der Waals surface area contributed by atoms with Gasteiger partial charge in [0.25, 0.3) is 6.47 Å². The van der Waals surface area contributed by atoms with Crippen LogP contribution >= 0.6 is 27.3 Å². The van der Waals surface area contributed by atoms with Gasteiger partial charge in [-0.15, -0.1) is 0 Å². The van der Waals surface area contributed by atoms with Gasteiger partial charge in [0.2, 0.25) is 0 Å². The molecule has 4 nitrogen and oxygen atoms in total. The Hall–Kier alpha value is -0.880. The fraction of sp³-hybridized carbons (Fsp3) is 0.538. The van der Waals surface area contributed by atoms with Gasteiger partial charge in [0.15, 0.2) is 5.13 Å². The highest BCUT2D eigenvalue weighted by Gasteiger charge is 2.24. The second kappa shape index (κ2) is 8.32. The monoisotopic (exact) mass is 348 g/mol. The number of carbonyl (C=O) groups is 1. The lowest BCUT2D eigenvalue weighted by atomic mass is 10.1. The summed E-state index contributed by atoms with van der Waals surface area (Å²) in [6.07, 6.45) is 2.87.